The number of hydrogen-bond donors (Lipinski definition) is 2. The van der Waals surface area contributed by atoms with E-state index in [1.54, 1.807) is 6.92 Å². The molecule has 7 heteroatoms. The second-order valence-electron chi connectivity index (χ2n) is 5.69. The minimum atomic E-state index is -1.09. The van der Waals surface area contributed by atoms with Gasteiger partial charge in [0.15, 0.2) is 17.2 Å². The molecule has 7 nitrogen and oxygen atoms in total. The average molecular weight is 325 g/mol. The van der Waals surface area contributed by atoms with Crippen molar-refractivity contribution in [1.82, 2.24) is 15.2 Å². The van der Waals surface area contributed by atoms with Crippen molar-refractivity contribution in [3.05, 3.63) is 35.2 Å². The van der Waals surface area contributed by atoms with Crippen molar-refractivity contribution in [2.75, 3.05) is 13.2 Å². The van der Waals surface area contributed by atoms with Gasteiger partial charge < -0.3 is 19.6 Å². The van der Waals surface area contributed by atoms with Crippen LogP contribution in [0.4, 0.5) is 0 Å². The number of benzene rings is 1. The van der Waals surface area contributed by atoms with Gasteiger partial charge in [-0.3, -0.25) is 0 Å². The van der Waals surface area contributed by atoms with Gasteiger partial charge in [-0.15, -0.1) is 10.2 Å². The average Bonchev–Trinajstić information content (AvgIpc) is 2.91. The second-order valence-corrected chi connectivity index (χ2v) is 5.69. The van der Waals surface area contributed by atoms with Crippen LogP contribution in [0.25, 0.3) is 22.2 Å². The van der Waals surface area contributed by atoms with E-state index in [0.29, 0.717) is 35.6 Å². The molecule has 0 spiro atoms. The number of carbonyl (C=O) groups is 1. The molecular formula is C17H15N3O4. The first-order chi connectivity index (χ1) is 11.6. The predicted octanol–water partition coefficient (Wildman–Crippen LogP) is 2.71. The third-order valence-electron chi connectivity index (χ3n) is 4.17. The van der Waals surface area contributed by atoms with E-state index >= 15 is 0 Å². The summed E-state index contributed by atoms with van der Waals surface area (Å²) in [6.07, 6.45) is 0. The Hall–Kier alpha value is -3.09. The van der Waals surface area contributed by atoms with E-state index < -0.39 is 5.97 Å². The van der Waals surface area contributed by atoms with Crippen LogP contribution in [0.2, 0.25) is 0 Å². The van der Waals surface area contributed by atoms with Crippen LogP contribution in [0.3, 0.4) is 0 Å². The number of fused-ring (bicyclic) bond motifs is 2. The van der Waals surface area contributed by atoms with Crippen molar-refractivity contribution >= 4 is 17.0 Å². The summed E-state index contributed by atoms with van der Waals surface area (Å²) < 4.78 is 11.2. The van der Waals surface area contributed by atoms with Crippen LogP contribution in [0.15, 0.2) is 18.2 Å². The largest absolute Gasteiger partial charge is 0.486 e. The van der Waals surface area contributed by atoms with Crippen LogP contribution in [0.1, 0.15) is 21.7 Å². The maximum absolute atomic E-state index is 11.2. The first-order valence-corrected chi connectivity index (χ1v) is 7.55. The van der Waals surface area contributed by atoms with Gasteiger partial charge in [-0.05, 0) is 31.5 Å². The lowest BCUT2D eigenvalue weighted by atomic mass is 10.0. The molecule has 24 heavy (non-hydrogen) atoms. The predicted molar refractivity (Wildman–Crippen MR) is 86.7 cm³/mol. The molecule has 0 unspecified atom stereocenters. The Labute approximate surface area is 137 Å². The number of rotatable bonds is 2. The SMILES string of the molecule is Cc1[nH]c2c(C)c(C(=O)O)nnc2c1-c1ccc2c(c1)OCCO2. The molecule has 1 aromatic carbocycles. The Morgan fingerprint density at radius 1 is 1.17 bits per heavy atom. The highest BCUT2D eigenvalue weighted by molar-refractivity contribution is 5.99. The Balaban J connectivity index is 1.92. The van der Waals surface area contributed by atoms with Crippen molar-refractivity contribution in [3.8, 4) is 22.6 Å². The molecule has 1 aliphatic rings. The molecule has 4 rings (SSSR count). The van der Waals surface area contributed by atoms with Gasteiger partial charge in [-0.1, -0.05) is 6.07 Å². The zero-order valence-electron chi connectivity index (χ0n) is 13.2. The molecule has 122 valence electrons. The van der Waals surface area contributed by atoms with E-state index in [4.69, 9.17) is 9.47 Å². The van der Waals surface area contributed by atoms with Crippen LogP contribution < -0.4 is 9.47 Å². The number of nitrogens with zero attached hydrogens (tertiary/aromatic N) is 2. The minimum absolute atomic E-state index is 0.0440. The van der Waals surface area contributed by atoms with Gasteiger partial charge >= 0.3 is 5.97 Å². The molecule has 0 aliphatic carbocycles. The van der Waals surface area contributed by atoms with Gasteiger partial charge in [0.2, 0.25) is 0 Å². The zero-order valence-corrected chi connectivity index (χ0v) is 13.2. The number of ether oxygens (including phenoxy) is 2. The number of aryl methyl sites for hydroxylation is 2. The molecule has 3 aromatic rings. The first kappa shape index (κ1) is 14.5. The molecule has 0 atom stereocenters. The maximum Gasteiger partial charge on any atom is 0.356 e. The third kappa shape index (κ3) is 2.09. The summed E-state index contributed by atoms with van der Waals surface area (Å²) in [5.74, 6) is 0.326. The molecule has 1 aliphatic heterocycles. The smallest absolute Gasteiger partial charge is 0.356 e. The van der Waals surface area contributed by atoms with Gasteiger partial charge in [-0.2, -0.15) is 0 Å². The lowest BCUT2D eigenvalue weighted by Gasteiger charge is -2.18. The molecule has 0 bridgehead atoms. The number of nitrogens with one attached hydrogen (secondary N) is 1. The van der Waals surface area contributed by atoms with Crippen molar-refractivity contribution in [2.24, 2.45) is 0 Å². The van der Waals surface area contributed by atoms with Gasteiger partial charge in [-0.25, -0.2) is 4.79 Å². The van der Waals surface area contributed by atoms with Gasteiger partial charge in [0.1, 0.15) is 18.7 Å². The van der Waals surface area contributed by atoms with E-state index in [9.17, 15) is 9.90 Å². The Morgan fingerprint density at radius 2 is 1.92 bits per heavy atom. The number of aromatic amines is 1. The Kier molecular flexibility index (Phi) is 3.16. The summed E-state index contributed by atoms with van der Waals surface area (Å²) in [5.41, 5.74) is 4.55. The quantitative estimate of drug-likeness (QED) is 0.752. The number of aromatic nitrogens is 3. The zero-order chi connectivity index (χ0) is 16.8. The molecule has 0 amide bonds. The molecule has 0 radical (unpaired) electrons. The van der Waals surface area contributed by atoms with Gasteiger partial charge in [0, 0.05) is 16.8 Å². The van der Waals surface area contributed by atoms with Gasteiger partial charge in [0.05, 0.1) is 5.52 Å². The lowest BCUT2D eigenvalue weighted by molar-refractivity contribution is 0.0688. The van der Waals surface area contributed by atoms with Crippen molar-refractivity contribution < 1.29 is 19.4 Å². The third-order valence-corrected chi connectivity index (χ3v) is 4.17. The fourth-order valence-corrected chi connectivity index (χ4v) is 3.03. The van der Waals surface area contributed by atoms with Crippen LogP contribution in [-0.4, -0.2) is 39.5 Å². The topological polar surface area (TPSA) is 97.3 Å². The summed E-state index contributed by atoms with van der Waals surface area (Å²) in [4.78, 5) is 14.5. The summed E-state index contributed by atoms with van der Waals surface area (Å²) in [6, 6.07) is 5.71. The normalized spacial score (nSPS) is 13.2. The van der Waals surface area contributed by atoms with E-state index in [1.165, 1.54) is 0 Å². The number of carboxylic acids is 1. The molecule has 0 saturated heterocycles. The van der Waals surface area contributed by atoms with E-state index in [2.05, 4.69) is 15.2 Å². The Morgan fingerprint density at radius 3 is 2.67 bits per heavy atom. The number of carboxylic acid groups (broad SMARTS) is 1. The summed E-state index contributed by atoms with van der Waals surface area (Å²) in [6.45, 7) is 4.71. The van der Waals surface area contributed by atoms with Crippen LogP contribution >= 0.6 is 0 Å². The van der Waals surface area contributed by atoms with Crippen molar-refractivity contribution in [1.29, 1.82) is 0 Å². The second kappa shape index (κ2) is 5.23. The van der Waals surface area contributed by atoms with E-state index in [1.807, 2.05) is 25.1 Å². The minimum Gasteiger partial charge on any atom is -0.486 e. The number of H-pyrrole nitrogens is 1. The molecular weight excluding hydrogens is 310 g/mol. The van der Waals surface area contributed by atoms with Crippen LogP contribution in [0.5, 0.6) is 11.5 Å². The Bertz CT molecular complexity index is 978. The maximum atomic E-state index is 11.2. The summed E-state index contributed by atoms with van der Waals surface area (Å²) >= 11 is 0. The highest BCUT2D eigenvalue weighted by atomic mass is 16.6. The lowest BCUT2D eigenvalue weighted by Crippen LogP contribution is -2.15. The molecule has 0 saturated carbocycles. The van der Waals surface area contributed by atoms with Crippen LogP contribution in [-0.2, 0) is 0 Å². The monoisotopic (exact) mass is 325 g/mol. The molecule has 2 aromatic heterocycles. The number of aromatic carboxylic acids is 1. The molecule has 3 heterocycles. The van der Waals surface area contributed by atoms with Gasteiger partial charge in [0.25, 0.3) is 0 Å². The molecule has 2 N–H and O–H groups in total. The van der Waals surface area contributed by atoms with Crippen molar-refractivity contribution in [3.63, 3.8) is 0 Å². The highest BCUT2D eigenvalue weighted by Gasteiger charge is 2.21. The van der Waals surface area contributed by atoms with Crippen molar-refractivity contribution in [2.45, 2.75) is 13.8 Å². The number of hydrogen-bond acceptors (Lipinski definition) is 5. The highest BCUT2D eigenvalue weighted by Crippen LogP contribution is 2.38. The van der Waals surface area contributed by atoms with E-state index in [0.717, 1.165) is 22.6 Å². The summed E-state index contributed by atoms with van der Waals surface area (Å²) in [5, 5.41) is 17.2. The standard InChI is InChI=1S/C17H15N3O4/c1-8-14-16(20-19-15(8)17(21)22)13(9(2)18-14)10-3-4-11-12(7-10)24-6-5-23-11/h3-4,7,18H,5-6H2,1-2H3,(H,21,22). The fraction of sp³-hybridized carbons (Fsp3) is 0.235. The fourth-order valence-electron chi connectivity index (χ4n) is 3.03. The summed E-state index contributed by atoms with van der Waals surface area (Å²) in [7, 11) is 0. The van der Waals surface area contributed by atoms with E-state index in [-0.39, 0.29) is 5.69 Å². The first-order valence-electron chi connectivity index (χ1n) is 7.55. The molecule has 0 fully saturated rings. The van der Waals surface area contributed by atoms with Crippen LogP contribution in [0, 0.1) is 13.8 Å².